The molecule has 186 valence electrons. The van der Waals surface area contributed by atoms with Gasteiger partial charge in [-0.2, -0.15) is 0 Å². The van der Waals surface area contributed by atoms with Crippen molar-refractivity contribution < 1.29 is 19.1 Å². The molecule has 6 nitrogen and oxygen atoms in total. The third-order valence-electron chi connectivity index (χ3n) is 5.05. The molecule has 3 rings (SSSR count). The van der Waals surface area contributed by atoms with E-state index in [-0.39, 0.29) is 17.7 Å². The number of amides is 2. The number of carbonyl (C=O) groups excluding carboxylic acids is 2. The highest BCUT2D eigenvalue weighted by Crippen LogP contribution is 2.39. The summed E-state index contributed by atoms with van der Waals surface area (Å²) in [7, 11) is 4.05. The van der Waals surface area contributed by atoms with Gasteiger partial charge in [0.05, 0.1) is 36.3 Å². The summed E-state index contributed by atoms with van der Waals surface area (Å²) in [5.74, 6) is 0.461. The highest BCUT2D eigenvalue weighted by atomic mass is 35.5. The fourth-order valence-electron chi connectivity index (χ4n) is 3.22. The zero-order chi connectivity index (χ0) is 24.3. The van der Waals surface area contributed by atoms with Gasteiger partial charge in [-0.3, -0.25) is 14.5 Å². The number of nitrogens with zero attached hydrogens (tertiary/aromatic N) is 2. The van der Waals surface area contributed by atoms with Crippen LogP contribution in [0.2, 0.25) is 0 Å². The summed E-state index contributed by atoms with van der Waals surface area (Å²) in [5, 5.41) is 0.941. The normalized spacial score (nSPS) is 15.1. The zero-order valence-electron chi connectivity index (χ0n) is 19.6. The number of ether oxygens (including phenoxy) is 2. The van der Waals surface area contributed by atoms with Gasteiger partial charge >= 0.3 is 0 Å². The van der Waals surface area contributed by atoms with Gasteiger partial charge in [0.15, 0.2) is 0 Å². The fraction of sp³-hybridized carbons (Fsp3) is 0.500. The topological polar surface area (TPSA) is 59.1 Å². The SMILES string of the molecule is CN(C)c1ccc(-c2ccc(/C=C3\SC(=O)N(CCOCCOCCCCCCCl)C3=O)s2)s1. The van der Waals surface area contributed by atoms with E-state index in [9.17, 15) is 9.59 Å². The summed E-state index contributed by atoms with van der Waals surface area (Å²) < 4.78 is 11.1. The quantitative estimate of drug-likeness (QED) is 0.147. The van der Waals surface area contributed by atoms with Gasteiger partial charge in [0.2, 0.25) is 0 Å². The fourth-order valence-corrected chi connectivity index (χ4v) is 6.30. The minimum absolute atomic E-state index is 0.249. The molecule has 2 aromatic rings. The molecule has 1 fully saturated rings. The van der Waals surface area contributed by atoms with Gasteiger partial charge in [-0.05, 0) is 54.9 Å². The maximum absolute atomic E-state index is 12.7. The number of hydrogen-bond donors (Lipinski definition) is 0. The number of halogens is 1. The number of thiophene rings is 2. The van der Waals surface area contributed by atoms with Crippen LogP contribution in [0.5, 0.6) is 0 Å². The van der Waals surface area contributed by atoms with Gasteiger partial charge in [-0.25, -0.2) is 0 Å². The molecule has 1 aliphatic rings. The number of alkyl halides is 1. The lowest BCUT2D eigenvalue weighted by Crippen LogP contribution is -2.31. The molecule has 0 N–H and O–H groups in total. The van der Waals surface area contributed by atoms with Crippen molar-refractivity contribution in [2.24, 2.45) is 0 Å². The highest BCUT2D eigenvalue weighted by molar-refractivity contribution is 8.18. The van der Waals surface area contributed by atoms with Crippen molar-refractivity contribution in [1.29, 1.82) is 0 Å². The molecule has 0 unspecified atom stereocenters. The molecule has 0 radical (unpaired) electrons. The number of thioether (sulfide) groups is 1. The number of unbranched alkanes of at least 4 members (excludes halogenated alkanes) is 3. The van der Waals surface area contributed by atoms with Gasteiger partial charge in [0, 0.05) is 41.2 Å². The molecule has 1 saturated heterocycles. The molecule has 0 aliphatic carbocycles. The molecule has 3 heterocycles. The summed E-state index contributed by atoms with van der Waals surface area (Å²) >= 11 is 9.98. The van der Waals surface area contributed by atoms with Crippen LogP contribution in [0.25, 0.3) is 15.8 Å². The minimum atomic E-state index is -0.257. The molecule has 0 saturated carbocycles. The molecular formula is C24H31ClN2O4S3. The van der Waals surface area contributed by atoms with Crippen molar-refractivity contribution >= 4 is 68.3 Å². The molecule has 10 heteroatoms. The Labute approximate surface area is 218 Å². The van der Waals surface area contributed by atoms with E-state index in [1.165, 1.54) is 14.8 Å². The number of carbonyl (C=O) groups is 2. The summed E-state index contributed by atoms with van der Waals surface area (Å²) in [6.45, 7) is 2.23. The van der Waals surface area contributed by atoms with Gasteiger partial charge in [0.25, 0.3) is 11.1 Å². The number of rotatable bonds is 15. The van der Waals surface area contributed by atoms with Crippen molar-refractivity contribution in [3.05, 3.63) is 34.0 Å². The average molecular weight is 543 g/mol. The van der Waals surface area contributed by atoms with Crippen molar-refractivity contribution in [1.82, 2.24) is 4.90 Å². The highest BCUT2D eigenvalue weighted by Gasteiger charge is 2.34. The summed E-state index contributed by atoms with van der Waals surface area (Å²) in [5.41, 5.74) is 0. The molecule has 0 spiro atoms. The molecule has 1 aliphatic heterocycles. The van der Waals surface area contributed by atoms with Gasteiger partial charge in [0.1, 0.15) is 0 Å². The van der Waals surface area contributed by atoms with E-state index >= 15 is 0 Å². The van der Waals surface area contributed by atoms with E-state index in [2.05, 4.69) is 23.1 Å². The lowest BCUT2D eigenvalue weighted by Gasteiger charge is -2.12. The molecule has 0 atom stereocenters. The van der Waals surface area contributed by atoms with Crippen LogP contribution in [0.3, 0.4) is 0 Å². The molecule has 0 aromatic carbocycles. The number of imide groups is 1. The van der Waals surface area contributed by atoms with Crippen LogP contribution < -0.4 is 4.90 Å². The molecule has 34 heavy (non-hydrogen) atoms. The Morgan fingerprint density at radius 1 is 0.912 bits per heavy atom. The van der Waals surface area contributed by atoms with E-state index in [0.29, 0.717) is 31.3 Å². The maximum Gasteiger partial charge on any atom is 0.293 e. The Morgan fingerprint density at radius 3 is 2.35 bits per heavy atom. The van der Waals surface area contributed by atoms with Gasteiger partial charge < -0.3 is 14.4 Å². The van der Waals surface area contributed by atoms with E-state index in [1.807, 2.05) is 20.2 Å². The van der Waals surface area contributed by atoms with E-state index < -0.39 is 0 Å². The first-order chi connectivity index (χ1) is 16.5. The van der Waals surface area contributed by atoms with Crippen LogP contribution in [-0.4, -0.2) is 69.0 Å². The standard InChI is InChI=1S/C24H31ClN2O4S3/c1-26(2)22-10-9-20(33-22)19-8-7-18(32-19)17-21-23(28)27(24(29)34-21)12-14-31-16-15-30-13-6-4-3-5-11-25/h7-10,17H,3-6,11-16H2,1-2H3/b21-17-. The van der Waals surface area contributed by atoms with E-state index in [1.54, 1.807) is 28.7 Å². The third-order valence-corrected chi connectivity index (χ3v) is 8.71. The zero-order valence-corrected chi connectivity index (χ0v) is 22.8. The van der Waals surface area contributed by atoms with E-state index in [4.69, 9.17) is 21.1 Å². The van der Waals surface area contributed by atoms with E-state index in [0.717, 1.165) is 53.1 Å². The third kappa shape index (κ3) is 8.10. The molecule has 2 aromatic heterocycles. The second-order valence-corrected chi connectivity index (χ2v) is 11.4. The first kappa shape index (κ1) is 27.2. The van der Waals surface area contributed by atoms with Crippen molar-refractivity contribution in [3.8, 4) is 9.75 Å². The smallest absolute Gasteiger partial charge is 0.293 e. The Hall–Kier alpha value is -1.36. The predicted molar refractivity (Wildman–Crippen MR) is 145 cm³/mol. The molecule has 2 amide bonds. The average Bonchev–Trinajstić information content (AvgIpc) is 3.53. The van der Waals surface area contributed by atoms with Crippen LogP contribution >= 0.6 is 46.0 Å². The largest absolute Gasteiger partial charge is 0.379 e. The van der Waals surface area contributed by atoms with Crippen LogP contribution in [0.15, 0.2) is 29.2 Å². The van der Waals surface area contributed by atoms with Crippen LogP contribution in [0, 0.1) is 0 Å². The number of hydrogen-bond acceptors (Lipinski definition) is 8. The second kappa shape index (κ2) is 14.3. The van der Waals surface area contributed by atoms with Crippen molar-refractivity contribution in [3.63, 3.8) is 0 Å². The van der Waals surface area contributed by atoms with Crippen molar-refractivity contribution in [2.45, 2.75) is 25.7 Å². The summed E-state index contributed by atoms with van der Waals surface area (Å²) in [6, 6.07) is 8.26. The lowest BCUT2D eigenvalue weighted by atomic mass is 10.2. The molecular weight excluding hydrogens is 512 g/mol. The van der Waals surface area contributed by atoms with Gasteiger partial charge in [-0.15, -0.1) is 34.3 Å². The maximum atomic E-state index is 12.7. The predicted octanol–water partition coefficient (Wildman–Crippen LogP) is 6.41. The van der Waals surface area contributed by atoms with Crippen LogP contribution in [-0.2, 0) is 14.3 Å². The summed E-state index contributed by atoms with van der Waals surface area (Å²) in [6.07, 6.45) is 6.14. The van der Waals surface area contributed by atoms with Crippen molar-refractivity contribution in [2.75, 3.05) is 57.8 Å². The Balaban J connectivity index is 1.40. The minimum Gasteiger partial charge on any atom is -0.379 e. The lowest BCUT2D eigenvalue weighted by molar-refractivity contribution is -0.123. The number of anilines is 1. The Bertz CT molecular complexity index is 973. The summed E-state index contributed by atoms with van der Waals surface area (Å²) in [4.78, 5) is 32.1. The molecule has 0 bridgehead atoms. The second-order valence-electron chi connectivity index (χ2n) is 7.90. The Kier molecular flexibility index (Phi) is 11.4. The van der Waals surface area contributed by atoms with Gasteiger partial charge in [-0.1, -0.05) is 12.8 Å². The van der Waals surface area contributed by atoms with Crippen LogP contribution in [0.1, 0.15) is 30.6 Å². The first-order valence-electron chi connectivity index (χ1n) is 11.3. The monoisotopic (exact) mass is 542 g/mol. The Morgan fingerprint density at radius 2 is 1.62 bits per heavy atom. The van der Waals surface area contributed by atoms with Crippen LogP contribution in [0.4, 0.5) is 9.80 Å². The first-order valence-corrected chi connectivity index (χ1v) is 14.3.